The highest BCUT2D eigenvalue weighted by molar-refractivity contribution is 6.15. The van der Waals surface area contributed by atoms with Crippen LogP contribution in [0.15, 0.2) is 193 Å². The highest BCUT2D eigenvalue weighted by Gasteiger charge is 2.35. The van der Waals surface area contributed by atoms with Gasteiger partial charge in [0.25, 0.3) is 0 Å². The molecule has 0 aliphatic heterocycles. The Hall–Kier alpha value is -6.91. The van der Waals surface area contributed by atoms with E-state index in [1.54, 1.807) is 0 Å². The smallest absolute Gasteiger partial charge is 0.164 e. The summed E-state index contributed by atoms with van der Waals surface area (Å²) in [5.74, 6) is 2.05. The third kappa shape index (κ3) is 5.43. The summed E-state index contributed by atoms with van der Waals surface area (Å²) in [6.45, 7) is 2.31. The summed E-state index contributed by atoms with van der Waals surface area (Å²) in [5, 5.41) is 2.01. The first-order valence-electron chi connectivity index (χ1n) is 18.4. The van der Waals surface area contributed by atoms with Gasteiger partial charge in [-0.3, -0.25) is 0 Å². The van der Waals surface area contributed by atoms with Crippen molar-refractivity contribution >= 4 is 27.5 Å². The second-order valence-corrected chi connectivity index (χ2v) is 14.2. The minimum absolute atomic E-state index is 0.0840. The van der Waals surface area contributed by atoms with Crippen LogP contribution in [0.2, 0.25) is 0 Å². The van der Waals surface area contributed by atoms with Crippen LogP contribution in [-0.2, 0) is 0 Å². The monoisotopic (exact) mass is 693 g/mol. The Kier molecular flexibility index (Phi) is 7.62. The number of nitrogens with zero attached hydrogens (tertiary/aromatic N) is 3. The van der Waals surface area contributed by atoms with Crippen LogP contribution < -0.4 is 0 Å². The summed E-state index contributed by atoms with van der Waals surface area (Å²) in [4.78, 5) is 15.6. The van der Waals surface area contributed by atoms with Gasteiger partial charge in [-0.15, -0.1) is 0 Å². The first-order chi connectivity index (χ1) is 26.6. The number of furan rings is 1. The quantitative estimate of drug-likeness (QED) is 0.174. The Morgan fingerprint density at radius 3 is 1.89 bits per heavy atom. The lowest BCUT2D eigenvalue weighted by Crippen LogP contribution is -2.26. The van der Waals surface area contributed by atoms with Gasteiger partial charge in [0, 0.05) is 44.4 Å². The summed E-state index contributed by atoms with van der Waals surface area (Å²) in [6.07, 6.45) is 15.7. The van der Waals surface area contributed by atoms with Crippen LogP contribution in [-0.4, -0.2) is 15.0 Å². The standard InChI is InChI=1S/C50H35N3O/c1-50-30-12-11-26-43(50)39(25-15-31-50)38-29-28-36(32-42(38)34-18-7-3-8-19-34)48-51-47(35-20-9-4-10-21-35)52-49(53-48)41-24-14-27-44-45(41)40-23-13-22-37(46(40)54-44)33-16-5-2-6-17-33/h2-32,43H,1H3. The molecule has 0 N–H and O–H groups in total. The molecule has 2 unspecified atom stereocenters. The topological polar surface area (TPSA) is 51.8 Å². The number of aromatic nitrogens is 3. The average molecular weight is 694 g/mol. The molecule has 4 nitrogen and oxygen atoms in total. The van der Waals surface area contributed by atoms with E-state index in [9.17, 15) is 0 Å². The zero-order chi connectivity index (χ0) is 36.1. The molecule has 6 aromatic carbocycles. The van der Waals surface area contributed by atoms with Gasteiger partial charge in [-0.1, -0.05) is 183 Å². The molecule has 2 aliphatic rings. The second-order valence-electron chi connectivity index (χ2n) is 14.2. The van der Waals surface area contributed by atoms with E-state index in [4.69, 9.17) is 19.4 Å². The summed E-state index contributed by atoms with van der Waals surface area (Å²) in [5.41, 5.74) is 11.2. The van der Waals surface area contributed by atoms with E-state index in [0.717, 1.165) is 60.9 Å². The number of fused-ring (bicyclic) bond motifs is 4. The Labute approximate surface area is 314 Å². The third-order valence-electron chi connectivity index (χ3n) is 10.8. The van der Waals surface area contributed by atoms with E-state index in [0.29, 0.717) is 17.5 Å². The van der Waals surface area contributed by atoms with Crippen LogP contribution in [0.25, 0.3) is 83.9 Å². The molecule has 0 fully saturated rings. The Morgan fingerprint density at radius 2 is 1.13 bits per heavy atom. The lowest BCUT2D eigenvalue weighted by molar-refractivity contribution is 0.464. The molecule has 0 saturated carbocycles. The Morgan fingerprint density at radius 1 is 0.500 bits per heavy atom. The molecule has 54 heavy (non-hydrogen) atoms. The molecule has 256 valence electrons. The minimum atomic E-state index is -0.0840. The predicted octanol–water partition coefficient (Wildman–Crippen LogP) is 12.8. The fourth-order valence-corrected chi connectivity index (χ4v) is 8.08. The number of hydrogen-bond donors (Lipinski definition) is 0. The molecule has 0 radical (unpaired) electrons. The van der Waals surface area contributed by atoms with Gasteiger partial charge in [-0.2, -0.15) is 0 Å². The summed E-state index contributed by atoms with van der Waals surface area (Å²) in [6, 6.07) is 50.3. The predicted molar refractivity (Wildman–Crippen MR) is 221 cm³/mol. The maximum absolute atomic E-state index is 6.62. The van der Waals surface area contributed by atoms with Crippen molar-refractivity contribution in [2.24, 2.45) is 11.3 Å². The van der Waals surface area contributed by atoms with Crippen molar-refractivity contribution in [1.29, 1.82) is 0 Å². The molecule has 2 atom stereocenters. The molecule has 4 heteroatoms. The lowest BCUT2D eigenvalue weighted by atomic mass is 9.66. The highest BCUT2D eigenvalue weighted by Crippen LogP contribution is 2.48. The normalized spacial score (nSPS) is 17.5. The largest absolute Gasteiger partial charge is 0.455 e. The zero-order valence-corrected chi connectivity index (χ0v) is 29.7. The fraction of sp³-hybridized carbons (Fsp3) is 0.0600. The molecule has 2 heterocycles. The van der Waals surface area contributed by atoms with Crippen molar-refractivity contribution in [3.8, 4) is 56.4 Å². The Bertz CT molecular complexity index is 2830. The Balaban J connectivity index is 1.18. The van der Waals surface area contributed by atoms with Crippen molar-refractivity contribution in [3.05, 3.63) is 194 Å². The van der Waals surface area contributed by atoms with E-state index in [2.05, 4.69) is 147 Å². The molecule has 2 aromatic heterocycles. The van der Waals surface area contributed by atoms with Gasteiger partial charge < -0.3 is 4.42 Å². The highest BCUT2D eigenvalue weighted by atomic mass is 16.3. The summed E-state index contributed by atoms with van der Waals surface area (Å²) < 4.78 is 6.62. The zero-order valence-electron chi connectivity index (χ0n) is 29.7. The van der Waals surface area contributed by atoms with Gasteiger partial charge in [0.1, 0.15) is 11.2 Å². The molecule has 2 aliphatic carbocycles. The molecular weight excluding hydrogens is 659 g/mol. The van der Waals surface area contributed by atoms with Crippen LogP contribution >= 0.6 is 0 Å². The van der Waals surface area contributed by atoms with Crippen molar-refractivity contribution in [1.82, 2.24) is 15.0 Å². The van der Waals surface area contributed by atoms with Crippen LogP contribution in [0.5, 0.6) is 0 Å². The third-order valence-corrected chi connectivity index (χ3v) is 10.8. The van der Waals surface area contributed by atoms with Gasteiger partial charge in [0.2, 0.25) is 0 Å². The van der Waals surface area contributed by atoms with Crippen molar-refractivity contribution in [2.75, 3.05) is 0 Å². The first kappa shape index (κ1) is 31.8. The van der Waals surface area contributed by atoms with Crippen molar-refractivity contribution in [2.45, 2.75) is 6.92 Å². The molecule has 8 aromatic rings. The number of para-hydroxylation sites is 1. The van der Waals surface area contributed by atoms with E-state index >= 15 is 0 Å². The molecular formula is C50H35N3O. The molecule has 0 bridgehead atoms. The minimum Gasteiger partial charge on any atom is -0.455 e. The molecule has 0 saturated heterocycles. The van der Waals surface area contributed by atoms with E-state index in [-0.39, 0.29) is 11.3 Å². The summed E-state index contributed by atoms with van der Waals surface area (Å²) in [7, 11) is 0. The van der Waals surface area contributed by atoms with Gasteiger partial charge in [-0.05, 0) is 40.0 Å². The lowest BCUT2D eigenvalue weighted by Gasteiger charge is -2.37. The summed E-state index contributed by atoms with van der Waals surface area (Å²) >= 11 is 0. The van der Waals surface area contributed by atoms with E-state index in [1.807, 2.05) is 48.5 Å². The maximum Gasteiger partial charge on any atom is 0.164 e. The SMILES string of the molecule is CC12C=CC=CC1C(c1ccc(-c3nc(-c4ccccc4)nc(-c4cccc5oc6c(-c7ccccc7)cccc6c45)n3)cc1-c1ccccc1)=CC=C2. The second kappa shape index (κ2) is 12.9. The van der Waals surface area contributed by atoms with Crippen LogP contribution in [0.4, 0.5) is 0 Å². The van der Waals surface area contributed by atoms with Crippen LogP contribution in [0, 0.1) is 11.3 Å². The van der Waals surface area contributed by atoms with Crippen molar-refractivity contribution < 1.29 is 4.42 Å². The number of rotatable bonds is 6. The maximum atomic E-state index is 6.62. The van der Waals surface area contributed by atoms with E-state index < -0.39 is 0 Å². The number of hydrogen-bond acceptors (Lipinski definition) is 4. The molecule has 10 rings (SSSR count). The molecule has 0 amide bonds. The fourth-order valence-electron chi connectivity index (χ4n) is 8.08. The van der Waals surface area contributed by atoms with Gasteiger partial charge >= 0.3 is 0 Å². The van der Waals surface area contributed by atoms with Gasteiger partial charge in [-0.25, -0.2) is 15.0 Å². The van der Waals surface area contributed by atoms with Gasteiger partial charge in [0.05, 0.1) is 0 Å². The van der Waals surface area contributed by atoms with Gasteiger partial charge in [0.15, 0.2) is 17.5 Å². The average Bonchev–Trinajstić information content (AvgIpc) is 3.63. The first-order valence-corrected chi connectivity index (χ1v) is 18.4. The van der Waals surface area contributed by atoms with Crippen LogP contribution in [0.3, 0.4) is 0 Å². The number of benzene rings is 6. The van der Waals surface area contributed by atoms with E-state index in [1.165, 1.54) is 11.1 Å². The molecule has 0 spiro atoms. The number of allylic oxidation sites excluding steroid dienone is 8. The van der Waals surface area contributed by atoms with Crippen LogP contribution in [0.1, 0.15) is 12.5 Å². The van der Waals surface area contributed by atoms with Crippen molar-refractivity contribution in [3.63, 3.8) is 0 Å².